The van der Waals surface area contributed by atoms with Gasteiger partial charge < -0.3 is 19.5 Å². The maximum Gasteiger partial charge on any atom is 0.295 e. The van der Waals surface area contributed by atoms with Gasteiger partial charge in [0.1, 0.15) is 17.3 Å². The van der Waals surface area contributed by atoms with E-state index in [9.17, 15) is 14.7 Å². The van der Waals surface area contributed by atoms with Crippen molar-refractivity contribution in [2.24, 2.45) is 0 Å². The minimum Gasteiger partial charge on any atom is -0.507 e. The molecule has 6 nitrogen and oxygen atoms in total. The molecule has 0 radical (unpaired) electrons. The summed E-state index contributed by atoms with van der Waals surface area (Å²) in [5.41, 5.74) is 1.99. The number of benzene rings is 3. The van der Waals surface area contributed by atoms with Crippen LogP contribution in [0.4, 0.5) is 0 Å². The fourth-order valence-electron chi connectivity index (χ4n) is 3.95. The fraction of sp³-hybridized carbons (Fsp3) is 0.154. The molecule has 1 saturated heterocycles. The Labute approximate surface area is 186 Å². The summed E-state index contributed by atoms with van der Waals surface area (Å²) in [6, 6.07) is 22.5. The SMILES string of the molecule is COc1ccc(/C(O)=C2\C(=O)C(=O)N(Cc3ccccc3OC)C2c2ccccc2)cc1. The Bertz CT molecular complexity index is 1170. The van der Waals surface area contributed by atoms with Crippen molar-refractivity contribution in [2.45, 2.75) is 12.6 Å². The van der Waals surface area contributed by atoms with Crippen molar-refractivity contribution in [3.8, 4) is 11.5 Å². The first-order chi connectivity index (χ1) is 15.5. The van der Waals surface area contributed by atoms with Gasteiger partial charge in [-0.05, 0) is 35.9 Å². The highest BCUT2D eigenvalue weighted by atomic mass is 16.5. The number of aliphatic hydroxyl groups excluding tert-OH is 1. The molecule has 6 heteroatoms. The average molecular weight is 429 g/mol. The first-order valence-electron chi connectivity index (χ1n) is 10.1. The Morgan fingerprint density at radius 2 is 1.53 bits per heavy atom. The van der Waals surface area contributed by atoms with Crippen molar-refractivity contribution in [3.63, 3.8) is 0 Å². The lowest BCUT2D eigenvalue weighted by Gasteiger charge is -2.26. The molecule has 3 aromatic rings. The van der Waals surface area contributed by atoms with Crippen LogP contribution in [0.5, 0.6) is 11.5 Å². The van der Waals surface area contributed by atoms with Crippen molar-refractivity contribution < 1.29 is 24.2 Å². The zero-order chi connectivity index (χ0) is 22.7. The van der Waals surface area contributed by atoms with Crippen molar-refractivity contribution >= 4 is 17.4 Å². The molecule has 0 aromatic heterocycles. The van der Waals surface area contributed by atoms with Gasteiger partial charge in [-0.25, -0.2) is 0 Å². The zero-order valence-corrected chi connectivity index (χ0v) is 17.8. The second kappa shape index (κ2) is 8.98. The molecule has 1 unspecified atom stereocenters. The van der Waals surface area contributed by atoms with Crippen LogP contribution in [-0.2, 0) is 16.1 Å². The molecule has 1 N–H and O–H groups in total. The van der Waals surface area contributed by atoms with Crippen molar-refractivity contribution in [1.29, 1.82) is 0 Å². The van der Waals surface area contributed by atoms with E-state index in [1.165, 1.54) is 4.90 Å². The summed E-state index contributed by atoms with van der Waals surface area (Å²) in [7, 11) is 3.11. The van der Waals surface area contributed by atoms with Crippen LogP contribution in [0, 0.1) is 0 Å². The molecule has 1 amide bonds. The Hall–Kier alpha value is -4.06. The lowest BCUT2D eigenvalue weighted by atomic mass is 9.95. The summed E-state index contributed by atoms with van der Waals surface area (Å²) in [6.07, 6.45) is 0. The first-order valence-corrected chi connectivity index (χ1v) is 10.1. The second-order valence-electron chi connectivity index (χ2n) is 7.38. The maximum atomic E-state index is 13.1. The molecule has 3 aromatic carbocycles. The molecule has 0 saturated carbocycles. The number of amides is 1. The van der Waals surface area contributed by atoms with E-state index in [1.54, 1.807) is 44.6 Å². The highest BCUT2D eigenvalue weighted by Gasteiger charge is 2.46. The third-order valence-electron chi connectivity index (χ3n) is 5.55. The Balaban J connectivity index is 1.84. The molecule has 32 heavy (non-hydrogen) atoms. The summed E-state index contributed by atoms with van der Waals surface area (Å²) < 4.78 is 10.6. The normalized spacial score (nSPS) is 17.4. The van der Waals surface area contributed by atoms with Crippen LogP contribution in [0.2, 0.25) is 0 Å². The number of methoxy groups -OCH3 is 2. The van der Waals surface area contributed by atoms with E-state index in [1.807, 2.05) is 48.5 Å². The quantitative estimate of drug-likeness (QED) is 0.359. The first kappa shape index (κ1) is 21.2. The molecule has 1 heterocycles. The zero-order valence-electron chi connectivity index (χ0n) is 17.8. The van der Waals surface area contributed by atoms with Crippen LogP contribution in [0.3, 0.4) is 0 Å². The van der Waals surface area contributed by atoms with Gasteiger partial charge >= 0.3 is 0 Å². The van der Waals surface area contributed by atoms with Gasteiger partial charge in [-0.2, -0.15) is 0 Å². The van der Waals surface area contributed by atoms with Crippen LogP contribution in [0.25, 0.3) is 5.76 Å². The smallest absolute Gasteiger partial charge is 0.295 e. The lowest BCUT2D eigenvalue weighted by molar-refractivity contribution is -0.140. The van der Waals surface area contributed by atoms with E-state index < -0.39 is 17.7 Å². The number of rotatable bonds is 6. The molecular formula is C26H23NO5. The number of aliphatic hydroxyl groups is 1. The van der Waals surface area contributed by atoms with Gasteiger partial charge in [0.15, 0.2) is 0 Å². The molecule has 1 atom stereocenters. The topological polar surface area (TPSA) is 76.1 Å². The third-order valence-corrected chi connectivity index (χ3v) is 5.55. The summed E-state index contributed by atoms with van der Waals surface area (Å²) in [4.78, 5) is 27.7. The number of hydrogen-bond acceptors (Lipinski definition) is 5. The maximum absolute atomic E-state index is 13.1. The number of Topliss-reactive ketones (excluding diaryl/α,β-unsaturated/α-hetero) is 1. The lowest BCUT2D eigenvalue weighted by Crippen LogP contribution is -2.29. The van der Waals surface area contributed by atoms with Gasteiger partial charge in [0.25, 0.3) is 11.7 Å². The van der Waals surface area contributed by atoms with E-state index in [-0.39, 0.29) is 17.9 Å². The summed E-state index contributed by atoms with van der Waals surface area (Å²) in [5, 5.41) is 11.1. The van der Waals surface area contributed by atoms with Crippen molar-refractivity contribution in [3.05, 3.63) is 101 Å². The molecule has 1 aliphatic heterocycles. The molecule has 1 aliphatic rings. The number of carbonyl (C=O) groups excluding carboxylic acids is 2. The van der Waals surface area contributed by atoms with E-state index in [4.69, 9.17) is 9.47 Å². The number of nitrogens with zero attached hydrogens (tertiary/aromatic N) is 1. The molecule has 162 valence electrons. The summed E-state index contributed by atoms with van der Waals surface area (Å²) in [5.74, 6) is -0.363. The summed E-state index contributed by atoms with van der Waals surface area (Å²) >= 11 is 0. The van der Waals surface area contributed by atoms with Crippen molar-refractivity contribution in [2.75, 3.05) is 14.2 Å². The largest absolute Gasteiger partial charge is 0.507 e. The van der Waals surface area contributed by atoms with Gasteiger partial charge in [0, 0.05) is 11.1 Å². The highest BCUT2D eigenvalue weighted by molar-refractivity contribution is 6.46. The molecule has 0 bridgehead atoms. The van der Waals surface area contributed by atoms with Crippen molar-refractivity contribution in [1.82, 2.24) is 4.90 Å². The number of hydrogen-bond donors (Lipinski definition) is 1. The number of carbonyl (C=O) groups is 2. The number of likely N-dealkylation sites (tertiary alicyclic amines) is 1. The van der Waals surface area contributed by atoms with Crippen LogP contribution in [-0.4, -0.2) is 35.9 Å². The monoisotopic (exact) mass is 429 g/mol. The Kier molecular flexibility index (Phi) is 5.94. The summed E-state index contributed by atoms with van der Waals surface area (Å²) in [6.45, 7) is 0.160. The third kappa shape index (κ3) is 3.83. The molecule has 4 rings (SSSR count). The van der Waals surface area contributed by atoms with Gasteiger partial charge in [0.2, 0.25) is 0 Å². The van der Waals surface area contributed by atoms with Crippen LogP contribution in [0.15, 0.2) is 84.4 Å². The minimum atomic E-state index is -0.733. The molecule has 0 spiro atoms. The van der Waals surface area contributed by atoms with E-state index >= 15 is 0 Å². The molecule has 1 fully saturated rings. The van der Waals surface area contributed by atoms with Crippen LogP contribution >= 0.6 is 0 Å². The number of ketones is 1. The average Bonchev–Trinajstić information content (AvgIpc) is 3.09. The number of para-hydroxylation sites is 1. The number of ether oxygens (including phenoxy) is 2. The van der Waals surface area contributed by atoms with E-state index in [2.05, 4.69) is 0 Å². The fourth-order valence-corrected chi connectivity index (χ4v) is 3.95. The van der Waals surface area contributed by atoms with Crippen LogP contribution in [0.1, 0.15) is 22.7 Å². The van der Waals surface area contributed by atoms with Crippen LogP contribution < -0.4 is 9.47 Å². The van der Waals surface area contributed by atoms with Gasteiger partial charge in [0.05, 0.1) is 32.4 Å². The second-order valence-corrected chi connectivity index (χ2v) is 7.38. The molecular weight excluding hydrogens is 406 g/mol. The van der Waals surface area contributed by atoms with Gasteiger partial charge in [-0.15, -0.1) is 0 Å². The van der Waals surface area contributed by atoms with Gasteiger partial charge in [-0.3, -0.25) is 9.59 Å². The predicted molar refractivity (Wildman–Crippen MR) is 120 cm³/mol. The molecule has 0 aliphatic carbocycles. The predicted octanol–water partition coefficient (Wildman–Crippen LogP) is 4.33. The van der Waals surface area contributed by atoms with E-state index in [0.29, 0.717) is 17.1 Å². The Morgan fingerprint density at radius 3 is 2.19 bits per heavy atom. The highest BCUT2D eigenvalue weighted by Crippen LogP contribution is 2.41. The minimum absolute atomic E-state index is 0.0567. The van der Waals surface area contributed by atoms with Gasteiger partial charge in [-0.1, -0.05) is 48.5 Å². The van der Waals surface area contributed by atoms with E-state index in [0.717, 1.165) is 11.1 Å². The Morgan fingerprint density at radius 1 is 0.875 bits per heavy atom. The standard InChI is InChI=1S/C26H23NO5/c1-31-20-14-12-18(13-15-20)24(28)22-23(17-8-4-3-5-9-17)27(26(30)25(22)29)16-19-10-6-7-11-21(19)32-2/h3-15,23,28H,16H2,1-2H3/b24-22+.